The van der Waals surface area contributed by atoms with Crippen molar-refractivity contribution in [2.45, 2.75) is 110 Å². The van der Waals surface area contributed by atoms with Gasteiger partial charge in [-0.25, -0.2) is 0 Å². The van der Waals surface area contributed by atoms with Crippen LogP contribution in [0.4, 0.5) is 0 Å². The highest BCUT2D eigenvalue weighted by molar-refractivity contribution is 4.89. The van der Waals surface area contributed by atoms with E-state index in [1.165, 1.54) is 57.8 Å². The summed E-state index contributed by atoms with van der Waals surface area (Å²) in [4.78, 5) is 0. The van der Waals surface area contributed by atoms with Crippen LogP contribution in [0.2, 0.25) is 0 Å². The van der Waals surface area contributed by atoms with Gasteiger partial charge in [0, 0.05) is 0 Å². The maximum Gasteiger partial charge on any atom is -0.0323 e. The first kappa shape index (κ1) is 16.8. The fourth-order valence-electron chi connectivity index (χ4n) is 6.50. The van der Waals surface area contributed by atoms with Gasteiger partial charge in [0.15, 0.2) is 0 Å². The van der Waals surface area contributed by atoms with Crippen LogP contribution < -0.4 is 0 Å². The lowest BCUT2D eigenvalue weighted by Crippen LogP contribution is -2.28. The predicted octanol–water partition coefficient (Wildman–Crippen LogP) is 7.37. The van der Waals surface area contributed by atoms with Crippen LogP contribution in [0.5, 0.6) is 0 Å². The first-order chi connectivity index (χ1) is 10.7. The van der Waals surface area contributed by atoms with E-state index in [0.29, 0.717) is 5.41 Å². The zero-order valence-corrected chi connectivity index (χ0v) is 15.4. The summed E-state index contributed by atoms with van der Waals surface area (Å²) in [7, 11) is 0. The van der Waals surface area contributed by atoms with E-state index in [2.05, 4.69) is 13.8 Å². The van der Waals surface area contributed by atoms with Gasteiger partial charge in [0.25, 0.3) is 0 Å². The minimum absolute atomic E-state index is 0.692. The van der Waals surface area contributed by atoms with E-state index < -0.39 is 0 Å². The Hall–Kier alpha value is 0. The Morgan fingerprint density at radius 2 is 1.45 bits per heavy atom. The second-order valence-electron chi connectivity index (χ2n) is 9.50. The molecule has 3 rings (SSSR count). The molecular weight excluding hydrogens is 264 g/mol. The molecule has 0 N–H and O–H groups in total. The topological polar surface area (TPSA) is 0 Å². The fourth-order valence-corrected chi connectivity index (χ4v) is 6.50. The maximum atomic E-state index is 2.65. The van der Waals surface area contributed by atoms with Gasteiger partial charge in [-0.3, -0.25) is 0 Å². The zero-order chi connectivity index (χ0) is 15.4. The summed E-state index contributed by atoms with van der Waals surface area (Å²) in [5, 5.41) is 0. The van der Waals surface area contributed by atoms with Crippen molar-refractivity contribution in [2.24, 2.45) is 29.1 Å². The Morgan fingerprint density at radius 1 is 0.773 bits per heavy atom. The van der Waals surface area contributed by atoms with E-state index in [9.17, 15) is 0 Å². The lowest BCUT2D eigenvalue weighted by Gasteiger charge is -2.39. The molecule has 0 spiro atoms. The molecule has 5 atom stereocenters. The van der Waals surface area contributed by atoms with Gasteiger partial charge in [0.05, 0.1) is 0 Å². The van der Waals surface area contributed by atoms with Gasteiger partial charge in [-0.2, -0.15) is 0 Å². The van der Waals surface area contributed by atoms with Gasteiger partial charge in [0.2, 0.25) is 0 Å². The van der Waals surface area contributed by atoms with Crippen molar-refractivity contribution in [1.29, 1.82) is 0 Å². The molecule has 0 aromatic rings. The Labute approximate surface area is 139 Å². The standard InChI is InChI=1S/C22H40/c1-3-9-18-13-8-15-22(2)14-7-6-12-21(17-22)20-11-5-4-10-19(18)16-20/h18-21H,3-17H2,1-2H3. The first-order valence-electron chi connectivity index (χ1n) is 10.7. The monoisotopic (exact) mass is 304 g/mol. The van der Waals surface area contributed by atoms with Crippen LogP contribution in [0.3, 0.4) is 0 Å². The molecule has 0 heterocycles. The zero-order valence-electron chi connectivity index (χ0n) is 15.4. The van der Waals surface area contributed by atoms with Gasteiger partial charge in [-0.05, 0) is 54.8 Å². The summed E-state index contributed by atoms with van der Waals surface area (Å²) in [6.07, 6.45) is 23.0. The molecule has 0 radical (unpaired) electrons. The highest BCUT2D eigenvalue weighted by Crippen LogP contribution is 2.49. The van der Waals surface area contributed by atoms with Gasteiger partial charge in [0.1, 0.15) is 0 Å². The molecular formula is C22H40. The van der Waals surface area contributed by atoms with Crippen LogP contribution in [0.15, 0.2) is 0 Å². The van der Waals surface area contributed by atoms with Gasteiger partial charge in [-0.15, -0.1) is 0 Å². The van der Waals surface area contributed by atoms with Crippen molar-refractivity contribution in [3.8, 4) is 0 Å². The van der Waals surface area contributed by atoms with Crippen LogP contribution in [0, 0.1) is 29.1 Å². The van der Waals surface area contributed by atoms with Crippen LogP contribution >= 0.6 is 0 Å². The van der Waals surface area contributed by atoms with Crippen LogP contribution in [0.1, 0.15) is 110 Å². The summed E-state index contributed by atoms with van der Waals surface area (Å²) in [5.41, 5.74) is 0.692. The third-order valence-electron chi connectivity index (χ3n) is 7.71. The van der Waals surface area contributed by atoms with Crippen molar-refractivity contribution in [1.82, 2.24) is 0 Å². The molecule has 3 aliphatic carbocycles. The van der Waals surface area contributed by atoms with Crippen molar-refractivity contribution < 1.29 is 0 Å². The Bertz CT molecular complexity index is 333. The highest BCUT2D eigenvalue weighted by atomic mass is 14.4. The number of rotatable bonds is 2. The first-order valence-corrected chi connectivity index (χ1v) is 10.7. The molecule has 22 heavy (non-hydrogen) atoms. The smallest absolute Gasteiger partial charge is 0.0323 e. The van der Waals surface area contributed by atoms with Gasteiger partial charge >= 0.3 is 0 Å². The molecule has 5 unspecified atom stereocenters. The lowest BCUT2D eigenvalue weighted by molar-refractivity contribution is 0.122. The minimum Gasteiger partial charge on any atom is -0.0654 e. The fraction of sp³-hybridized carbons (Fsp3) is 1.00. The average molecular weight is 305 g/mol. The second-order valence-corrected chi connectivity index (χ2v) is 9.50. The van der Waals surface area contributed by atoms with Gasteiger partial charge in [-0.1, -0.05) is 84.5 Å². The van der Waals surface area contributed by atoms with Crippen LogP contribution in [-0.4, -0.2) is 0 Å². The Morgan fingerprint density at radius 3 is 2.27 bits per heavy atom. The van der Waals surface area contributed by atoms with Crippen molar-refractivity contribution >= 4 is 0 Å². The van der Waals surface area contributed by atoms with E-state index in [1.54, 1.807) is 38.5 Å². The van der Waals surface area contributed by atoms with E-state index in [1.807, 2.05) is 0 Å². The molecule has 0 aromatic carbocycles. The predicted molar refractivity (Wildman–Crippen MR) is 97.0 cm³/mol. The minimum atomic E-state index is 0.692. The highest BCUT2D eigenvalue weighted by Gasteiger charge is 2.37. The molecule has 0 aromatic heterocycles. The summed E-state index contributed by atoms with van der Waals surface area (Å²) >= 11 is 0. The molecule has 0 aliphatic heterocycles. The normalized spacial score (nSPS) is 43.9. The van der Waals surface area contributed by atoms with E-state index in [-0.39, 0.29) is 0 Å². The number of hydrogen-bond donors (Lipinski definition) is 0. The molecule has 0 nitrogen and oxygen atoms in total. The number of hydrogen-bond acceptors (Lipinski definition) is 0. The molecule has 128 valence electrons. The molecule has 3 fully saturated rings. The average Bonchev–Trinajstić information content (AvgIpc) is 2.84. The Balaban J connectivity index is 1.81. The largest absolute Gasteiger partial charge is 0.0654 e. The molecule has 3 saturated carbocycles. The third kappa shape index (κ3) is 4.09. The molecule has 3 aliphatic rings. The summed E-state index contributed by atoms with van der Waals surface area (Å²) < 4.78 is 0. The van der Waals surface area contributed by atoms with E-state index >= 15 is 0 Å². The summed E-state index contributed by atoms with van der Waals surface area (Å²) in [5.74, 6) is 4.31. The maximum absolute atomic E-state index is 2.65. The van der Waals surface area contributed by atoms with Crippen molar-refractivity contribution in [3.63, 3.8) is 0 Å². The number of fused-ring (bicyclic) bond motifs is 5. The summed E-state index contributed by atoms with van der Waals surface area (Å²) in [6, 6.07) is 0. The van der Waals surface area contributed by atoms with Crippen molar-refractivity contribution in [2.75, 3.05) is 0 Å². The van der Waals surface area contributed by atoms with E-state index in [0.717, 1.165) is 23.7 Å². The van der Waals surface area contributed by atoms with Crippen LogP contribution in [0.25, 0.3) is 0 Å². The van der Waals surface area contributed by atoms with Crippen molar-refractivity contribution in [3.05, 3.63) is 0 Å². The summed E-state index contributed by atoms with van der Waals surface area (Å²) in [6.45, 7) is 5.06. The Kier molecular flexibility index (Phi) is 5.91. The van der Waals surface area contributed by atoms with E-state index in [4.69, 9.17) is 0 Å². The lowest BCUT2D eigenvalue weighted by atomic mass is 9.67. The quantitative estimate of drug-likeness (QED) is 0.499. The molecule has 0 heteroatoms. The van der Waals surface area contributed by atoms with Crippen LogP contribution in [-0.2, 0) is 0 Å². The second kappa shape index (κ2) is 7.71. The molecule has 0 saturated heterocycles. The molecule has 0 amide bonds. The third-order valence-corrected chi connectivity index (χ3v) is 7.71. The molecule has 4 bridgehead atoms. The SMILES string of the molecule is CCCC1CCCC2(C)CCCCC(C2)C2CCCCC1C2. The van der Waals surface area contributed by atoms with Gasteiger partial charge < -0.3 is 0 Å².